The predicted octanol–water partition coefficient (Wildman–Crippen LogP) is 3.91. The number of benzene rings is 2. The summed E-state index contributed by atoms with van der Waals surface area (Å²) in [6.07, 6.45) is 0.854. The number of furan rings is 1. The first-order chi connectivity index (χ1) is 8.38. The molecule has 0 N–H and O–H groups in total. The molecule has 0 bridgehead atoms. The lowest BCUT2D eigenvalue weighted by atomic mass is 10.1. The van der Waals surface area contributed by atoms with Crippen molar-refractivity contribution in [3.05, 3.63) is 60.2 Å². The Morgan fingerprint density at radius 2 is 1.76 bits per heavy atom. The van der Waals surface area contributed by atoms with Gasteiger partial charge in [0.15, 0.2) is 6.29 Å². The van der Waals surface area contributed by atoms with Gasteiger partial charge < -0.3 is 4.42 Å². The molecule has 0 atom stereocenters. The number of carbonyl (C=O) groups is 1. The van der Waals surface area contributed by atoms with Crippen molar-refractivity contribution in [2.75, 3.05) is 0 Å². The molecular weight excluding hydrogens is 212 g/mol. The van der Waals surface area contributed by atoms with Crippen LogP contribution in [-0.2, 0) is 0 Å². The van der Waals surface area contributed by atoms with Crippen LogP contribution >= 0.6 is 0 Å². The molecule has 0 radical (unpaired) electrons. The lowest BCUT2D eigenvalue weighted by molar-refractivity contribution is 0.112. The van der Waals surface area contributed by atoms with Crippen molar-refractivity contribution in [3.63, 3.8) is 0 Å². The smallest absolute Gasteiger partial charge is 0.150 e. The quantitative estimate of drug-likeness (QED) is 0.615. The molecule has 0 aliphatic heterocycles. The summed E-state index contributed by atoms with van der Waals surface area (Å²) in [6.45, 7) is 0. The van der Waals surface area contributed by atoms with E-state index in [2.05, 4.69) is 0 Å². The first kappa shape index (κ1) is 9.85. The standard InChI is InChI=1S/C15H10O2/c16-10-12-7-4-8-14-13(12)9-15(17-14)11-5-2-1-3-6-11/h1-10H. The highest BCUT2D eigenvalue weighted by Gasteiger charge is 2.08. The zero-order valence-corrected chi connectivity index (χ0v) is 9.09. The highest BCUT2D eigenvalue weighted by atomic mass is 16.3. The summed E-state index contributed by atoms with van der Waals surface area (Å²) in [5.41, 5.74) is 2.42. The van der Waals surface area contributed by atoms with E-state index < -0.39 is 0 Å². The molecule has 1 aromatic heterocycles. The molecule has 2 nitrogen and oxygen atoms in total. The maximum absolute atomic E-state index is 10.9. The lowest BCUT2D eigenvalue weighted by Gasteiger charge is -1.93. The third-order valence-corrected chi connectivity index (χ3v) is 2.78. The third-order valence-electron chi connectivity index (χ3n) is 2.78. The van der Waals surface area contributed by atoms with Crippen LogP contribution in [0, 0.1) is 0 Å². The van der Waals surface area contributed by atoms with Crippen LogP contribution in [0.15, 0.2) is 59.0 Å². The molecule has 0 fully saturated rings. The van der Waals surface area contributed by atoms with Gasteiger partial charge in [-0.05, 0) is 12.1 Å². The second-order valence-electron chi connectivity index (χ2n) is 3.85. The minimum absolute atomic E-state index is 0.661. The van der Waals surface area contributed by atoms with Gasteiger partial charge in [-0.1, -0.05) is 42.5 Å². The molecule has 1 heterocycles. The molecule has 2 aromatic carbocycles. The van der Waals surface area contributed by atoms with Crippen LogP contribution in [0.25, 0.3) is 22.3 Å². The number of carbonyl (C=O) groups excluding carboxylic acids is 1. The van der Waals surface area contributed by atoms with Gasteiger partial charge in [-0.3, -0.25) is 4.79 Å². The van der Waals surface area contributed by atoms with Crippen molar-refractivity contribution >= 4 is 17.3 Å². The molecule has 0 spiro atoms. The summed E-state index contributed by atoms with van der Waals surface area (Å²) in [7, 11) is 0. The fraction of sp³-hybridized carbons (Fsp3) is 0. The number of aldehydes is 1. The number of fused-ring (bicyclic) bond motifs is 1. The average molecular weight is 222 g/mol. The molecule has 0 aliphatic carbocycles. The fourth-order valence-corrected chi connectivity index (χ4v) is 1.93. The summed E-state index contributed by atoms with van der Waals surface area (Å²) >= 11 is 0. The highest BCUT2D eigenvalue weighted by Crippen LogP contribution is 2.29. The van der Waals surface area contributed by atoms with E-state index in [0.717, 1.165) is 28.6 Å². The molecule has 0 aliphatic rings. The van der Waals surface area contributed by atoms with E-state index in [4.69, 9.17) is 4.42 Å². The summed E-state index contributed by atoms with van der Waals surface area (Å²) < 4.78 is 5.74. The van der Waals surface area contributed by atoms with Crippen LogP contribution < -0.4 is 0 Å². The summed E-state index contributed by atoms with van der Waals surface area (Å²) in [5.74, 6) is 0.787. The second-order valence-corrected chi connectivity index (χ2v) is 3.85. The van der Waals surface area contributed by atoms with Gasteiger partial charge in [0.2, 0.25) is 0 Å². The van der Waals surface area contributed by atoms with Crippen molar-refractivity contribution in [2.24, 2.45) is 0 Å². The first-order valence-electron chi connectivity index (χ1n) is 5.41. The van der Waals surface area contributed by atoms with E-state index in [9.17, 15) is 4.79 Å². The van der Waals surface area contributed by atoms with Crippen molar-refractivity contribution < 1.29 is 9.21 Å². The van der Waals surface area contributed by atoms with Crippen LogP contribution in [0.5, 0.6) is 0 Å². The van der Waals surface area contributed by atoms with Gasteiger partial charge in [-0.25, -0.2) is 0 Å². The molecule has 2 heteroatoms. The van der Waals surface area contributed by atoms with Gasteiger partial charge in [0.05, 0.1) is 0 Å². The van der Waals surface area contributed by atoms with Crippen LogP contribution in [0.4, 0.5) is 0 Å². The first-order valence-corrected chi connectivity index (χ1v) is 5.41. The Kier molecular flexibility index (Phi) is 2.26. The van der Waals surface area contributed by atoms with Crippen molar-refractivity contribution in [1.82, 2.24) is 0 Å². The minimum Gasteiger partial charge on any atom is -0.456 e. The normalized spacial score (nSPS) is 10.6. The van der Waals surface area contributed by atoms with E-state index in [-0.39, 0.29) is 0 Å². The van der Waals surface area contributed by atoms with Crippen LogP contribution in [0.2, 0.25) is 0 Å². The predicted molar refractivity (Wildman–Crippen MR) is 67.0 cm³/mol. The molecular formula is C15H10O2. The van der Waals surface area contributed by atoms with E-state index >= 15 is 0 Å². The maximum atomic E-state index is 10.9. The summed E-state index contributed by atoms with van der Waals surface area (Å²) in [6, 6.07) is 17.2. The van der Waals surface area contributed by atoms with E-state index in [1.165, 1.54) is 0 Å². The summed E-state index contributed by atoms with van der Waals surface area (Å²) in [4.78, 5) is 10.9. The van der Waals surface area contributed by atoms with Crippen LogP contribution in [-0.4, -0.2) is 6.29 Å². The largest absolute Gasteiger partial charge is 0.456 e. The molecule has 3 aromatic rings. The van der Waals surface area contributed by atoms with Gasteiger partial charge in [-0.15, -0.1) is 0 Å². The van der Waals surface area contributed by atoms with Crippen molar-refractivity contribution in [1.29, 1.82) is 0 Å². The van der Waals surface area contributed by atoms with E-state index in [0.29, 0.717) is 5.56 Å². The van der Waals surface area contributed by atoms with E-state index in [1.54, 1.807) is 6.07 Å². The van der Waals surface area contributed by atoms with E-state index in [1.807, 2.05) is 48.5 Å². The number of rotatable bonds is 2. The Hall–Kier alpha value is -2.35. The lowest BCUT2D eigenvalue weighted by Crippen LogP contribution is -1.77. The van der Waals surface area contributed by atoms with Gasteiger partial charge in [0.25, 0.3) is 0 Å². The Morgan fingerprint density at radius 3 is 2.53 bits per heavy atom. The SMILES string of the molecule is O=Cc1cccc2oc(-c3ccccc3)cc12. The Balaban J connectivity index is 2.24. The van der Waals surface area contributed by atoms with Crippen molar-refractivity contribution in [2.45, 2.75) is 0 Å². The molecule has 17 heavy (non-hydrogen) atoms. The van der Waals surface area contributed by atoms with Crippen molar-refractivity contribution in [3.8, 4) is 11.3 Å². The molecule has 0 unspecified atom stereocenters. The maximum Gasteiger partial charge on any atom is 0.150 e. The number of hydrogen-bond acceptors (Lipinski definition) is 2. The molecule has 0 saturated heterocycles. The Bertz CT molecular complexity index is 666. The Morgan fingerprint density at radius 1 is 0.941 bits per heavy atom. The zero-order chi connectivity index (χ0) is 11.7. The fourth-order valence-electron chi connectivity index (χ4n) is 1.93. The molecule has 3 rings (SSSR count). The topological polar surface area (TPSA) is 30.2 Å². The van der Waals surface area contributed by atoms with Gasteiger partial charge in [0.1, 0.15) is 11.3 Å². The molecule has 82 valence electrons. The van der Waals surface area contributed by atoms with Crippen LogP contribution in [0.1, 0.15) is 10.4 Å². The van der Waals surface area contributed by atoms with Crippen LogP contribution in [0.3, 0.4) is 0 Å². The molecule has 0 saturated carbocycles. The van der Waals surface area contributed by atoms with Gasteiger partial charge in [0, 0.05) is 16.5 Å². The molecule has 0 amide bonds. The highest BCUT2D eigenvalue weighted by molar-refractivity contribution is 5.97. The Labute approximate surface area is 98.5 Å². The van der Waals surface area contributed by atoms with Gasteiger partial charge in [-0.2, -0.15) is 0 Å². The monoisotopic (exact) mass is 222 g/mol. The second kappa shape index (κ2) is 3.91. The van der Waals surface area contributed by atoms with Gasteiger partial charge >= 0.3 is 0 Å². The average Bonchev–Trinajstić information content (AvgIpc) is 2.83. The third kappa shape index (κ3) is 1.64. The number of hydrogen-bond donors (Lipinski definition) is 0. The zero-order valence-electron chi connectivity index (χ0n) is 9.09. The minimum atomic E-state index is 0.661. The summed E-state index contributed by atoms with van der Waals surface area (Å²) in [5, 5.41) is 0.862.